The molecule has 4 aromatic carbocycles. The molecule has 0 aliphatic heterocycles. The lowest BCUT2D eigenvalue weighted by Crippen LogP contribution is -2.22. The Bertz CT molecular complexity index is 1280. The van der Waals surface area contributed by atoms with Crippen molar-refractivity contribution in [2.24, 2.45) is 0 Å². The van der Waals surface area contributed by atoms with Crippen molar-refractivity contribution < 1.29 is 10.2 Å². The van der Waals surface area contributed by atoms with Crippen molar-refractivity contribution >= 4 is 32.9 Å². The first-order valence-electron chi connectivity index (χ1n) is 13.5. The van der Waals surface area contributed by atoms with Crippen LogP contribution in [0.4, 0.5) is 11.4 Å². The van der Waals surface area contributed by atoms with Crippen molar-refractivity contribution in [1.82, 2.24) is 0 Å². The molecule has 0 aliphatic carbocycles. The number of rotatable bonds is 13. The number of likely N-dealkylation sites (N-methyl/N-ethyl adjacent to an activating group) is 1. The van der Waals surface area contributed by atoms with Crippen LogP contribution >= 0.6 is 0 Å². The van der Waals surface area contributed by atoms with E-state index >= 15 is 0 Å². The molecule has 4 rings (SSSR count). The van der Waals surface area contributed by atoms with Crippen molar-refractivity contribution in [2.45, 2.75) is 58.3 Å². The van der Waals surface area contributed by atoms with Crippen molar-refractivity contribution in [2.75, 3.05) is 30.4 Å². The van der Waals surface area contributed by atoms with Crippen molar-refractivity contribution in [1.29, 1.82) is 0 Å². The standard InChI is InChI=1S/C32H40N2O2/c1-3-4-5-6-7-8-13-21-33-29-30(32(36)28-17-12-11-16-27(28)31(29)35)34(2)22-20-24-18-19-25-14-9-10-15-26(25)23-24/h9-12,14-19,23,33,35-36H,3-8,13,20-22H2,1-2H3. The van der Waals surface area contributed by atoms with Crippen LogP contribution in [0.25, 0.3) is 21.5 Å². The second-order valence-corrected chi connectivity index (χ2v) is 9.87. The van der Waals surface area contributed by atoms with E-state index in [1.807, 2.05) is 31.3 Å². The van der Waals surface area contributed by atoms with E-state index in [-0.39, 0.29) is 11.5 Å². The van der Waals surface area contributed by atoms with Crippen LogP contribution in [0, 0.1) is 0 Å². The molecular formula is C32H40N2O2. The Morgan fingerprint density at radius 1 is 0.722 bits per heavy atom. The Balaban J connectivity index is 1.50. The average molecular weight is 485 g/mol. The van der Waals surface area contributed by atoms with Crippen LogP contribution in [0.1, 0.15) is 57.4 Å². The molecule has 0 unspecified atom stereocenters. The SMILES string of the molecule is CCCCCCCCCNc1c(N(C)CCc2ccc3ccccc3c2)c(O)c2ccccc2c1O. The van der Waals surface area contributed by atoms with Gasteiger partial charge in [-0.2, -0.15) is 0 Å². The summed E-state index contributed by atoms with van der Waals surface area (Å²) in [5.41, 5.74) is 2.54. The summed E-state index contributed by atoms with van der Waals surface area (Å²) in [6.45, 7) is 3.73. The molecule has 36 heavy (non-hydrogen) atoms. The lowest BCUT2D eigenvalue weighted by Gasteiger charge is -2.26. The van der Waals surface area contributed by atoms with E-state index in [1.54, 1.807) is 0 Å². The first-order chi connectivity index (χ1) is 17.6. The number of anilines is 2. The summed E-state index contributed by atoms with van der Waals surface area (Å²) in [5, 5.41) is 29.8. The molecule has 0 bridgehead atoms. The van der Waals surface area contributed by atoms with Crippen molar-refractivity contribution in [3.63, 3.8) is 0 Å². The maximum Gasteiger partial charge on any atom is 0.149 e. The largest absolute Gasteiger partial charge is 0.505 e. The summed E-state index contributed by atoms with van der Waals surface area (Å²) < 4.78 is 0. The van der Waals surface area contributed by atoms with Crippen LogP contribution in [-0.4, -0.2) is 30.4 Å². The van der Waals surface area contributed by atoms with E-state index in [2.05, 4.69) is 59.6 Å². The second kappa shape index (κ2) is 12.5. The van der Waals surface area contributed by atoms with Gasteiger partial charge in [0.05, 0.1) is 0 Å². The highest BCUT2D eigenvalue weighted by atomic mass is 16.3. The van der Waals surface area contributed by atoms with E-state index < -0.39 is 0 Å². The Morgan fingerprint density at radius 2 is 1.36 bits per heavy atom. The van der Waals surface area contributed by atoms with Gasteiger partial charge in [-0.05, 0) is 29.2 Å². The third-order valence-electron chi connectivity index (χ3n) is 7.15. The van der Waals surface area contributed by atoms with Crippen LogP contribution in [0.2, 0.25) is 0 Å². The van der Waals surface area contributed by atoms with Gasteiger partial charge in [0.25, 0.3) is 0 Å². The van der Waals surface area contributed by atoms with Gasteiger partial charge < -0.3 is 20.4 Å². The summed E-state index contributed by atoms with van der Waals surface area (Å²) in [7, 11) is 1.99. The molecule has 3 N–H and O–H groups in total. The first kappa shape index (κ1) is 25.7. The van der Waals surface area contributed by atoms with Crippen LogP contribution in [0.3, 0.4) is 0 Å². The molecular weight excluding hydrogens is 444 g/mol. The molecule has 0 saturated heterocycles. The first-order valence-corrected chi connectivity index (χ1v) is 13.5. The minimum Gasteiger partial charge on any atom is -0.505 e. The summed E-state index contributed by atoms with van der Waals surface area (Å²) in [6.07, 6.45) is 9.49. The molecule has 0 amide bonds. The molecule has 0 aromatic heterocycles. The number of nitrogens with one attached hydrogen (secondary N) is 1. The molecule has 0 heterocycles. The highest BCUT2D eigenvalue weighted by Crippen LogP contribution is 2.48. The number of benzene rings is 4. The molecule has 0 fully saturated rings. The molecule has 4 heteroatoms. The highest BCUT2D eigenvalue weighted by Gasteiger charge is 2.21. The van der Waals surface area contributed by atoms with Crippen molar-refractivity contribution in [3.8, 4) is 11.5 Å². The topological polar surface area (TPSA) is 55.7 Å². The zero-order valence-corrected chi connectivity index (χ0v) is 21.8. The highest BCUT2D eigenvalue weighted by molar-refractivity contribution is 6.05. The molecule has 0 radical (unpaired) electrons. The van der Waals surface area contributed by atoms with Gasteiger partial charge in [-0.3, -0.25) is 0 Å². The lowest BCUT2D eigenvalue weighted by atomic mass is 10.0. The van der Waals surface area contributed by atoms with Crippen molar-refractivity contribution in [3.05, 3.63) is 72.3 Å². The van der Waals surface area contributed by atoms with Gasteiger partial charge in [-0.1, -0.05) is 112 Å². The normalized spacial score (nSPS) is 11.3. The molecule has 190 valence electrons. The number of phenolic OH excluding ortho intramolecular Hbond substituents is 2. The van der Waals surface area contributed by atoms with E-state index in [0.717, 1.165) is 25.9 Å². The van der Waals surface area contributed by atoms with Gasteiger partial charge in [0.1, 0.15) is 22.9 Å². The summed E-state index contributed by atoms with van der Waals surface area (Å²) in [5.74, 6) is 0.422. The Hall–Kier alpha value is -3.40. The number of aromatic hydroxyl groups is 2. The van der Waals surface area contributed by atoms with Crippen LogP contribution in [0.15, 0.2) is 66.7 Å². The van der Waals surface area contributed by atoms with Crippen LogP contribution in [0.5, 0.6) is 11.5 Å². The number of unbranched alkanes of at least 4 members (excludes halogenated alkanes) is 6. The van der Waals surface area contributed by atoms with Crippen LogP contribution in [-0.2, 0) is 6.42 Å². The number of phenols is 2. The Labute approximate surface area is 215 Å². The average Bonchev–Trinajstić information content (AvgIpc) is 2.91. The molecule has 0 atom stereocenters. The summed E-state index contributed by atoms with van der Waals surface area (Å²) in [6, 6.07) is 22.5. The summed E-state index contributed by atoms with van der Waals surface area (Å²) >= 11 is 0. The molecule has 0 saturated carbocycles. The summed E-state index contributed by atoms with van der Waals surface area (Å²) in [4.78, 5) is 2.06. The monoisotopic (exact) mass is 484 g/mol. The third kappa shape index (κ3) is 6.04. The fraction of sp³-hybridized carbons (Fsp3) is 0.375. The molecule has 0 spiro atoms. The van der Waals surface area contributed by atoms with Gasteiger partial charge in [0.15, 0.2) is 0 Å². The number of hydrogen-bond acceptors (Lipinski definition) is 4. The van der Waals surface area contributed by atoms with E-state index in [0.29, 0.717) is 22.1 Å². The fourth-order valence-corrected chi connectivity index (χ4v) is 5.03. The number of fused-ring (bicyclic) bond motifs is 2. The van der Waals surface area contributed by atoms with E-state index in [4.69, 9.17) is 0 Å². The zero-order chi connectivity index (χ0) is 25.3. The fourth-order valence-electron chi connectivity index (χ4n) is 5.03. The van der Waals surface area contributed by atoms with E-state index in [9.17, 15) is 10.2 Å². The second-order valence-electron chi connectivity index (χ2n) is 9.87. The zero-order valence-electron chi connectivity index (χ0n) is 21.8. The lowest BCUT2D eigenvalue weighted by molar-refractivity contribution is 0.470. The minimum atomic E-state index is 0.207. The third-order valence-corrected chi connectivity index (χ3v) is 7.15. The van der Waals surface area contributed by atoms with Gasteiger partial charge in [-0.25, -0.2) is 0 Å². The number of hydrogen-bond donors (Lipinski definition) is 3. The van der Waals surface area contributed by atoms with E-state index in [1.165, 1.54) is 54.9 Å². The quantitative estimate of drug-likeness (QED) is 0.102. The Kier molecular flexibility index (Phi) is 8.94. The maximum atomic E-state index is 11.3. The van der Waals surface area contributed by atoms with Crippen LogP contribution < -0.4 is 10.2 Å². The molecule has 4 nitrogen and oxygen atoms in total. The van der Waals surface area contributed by atoms with Gasteiger partial charge in [0.2, 0.25) is 0 Å². The molecule has 4 aromatic rings. The predicted molar refractivity (Wildman–Crippen MR) is 155 cm³/mol. The predicted octanol–water partition coefficient (Wildman–Crippen LogP) is 8.25. The van der Waals surface area contributed by atoms with Gasteiger partial charge >= 0.3 is 0 Å². The smallest absolute Gasteiger partial charge is 0.149 e. The van der Waals surface area contributed by atoms with Gasteiger partial charge in [-0.15, -0.1) is 0 Å². The number of nitrogens with zero attached hydrogens (tertiary/aromatic N) is 1. The van der Waals surface area contributed by atoms with Gasteiger partial charge in [0, 0.05) is 30.9 Å². The maximum absolute atomic E-state index is 11.3. The Morgan fingerprint density at radius 3 is 2.11 bits per heavy atom. The minimum absolute atomic E-state index is 0.207. The molecule has 0 aliphatic rings.